The summed E-state index contributed by atoms with van der Waals surface area (Å²) < 4.78 is 0. The summed E-state index contributed by atoms with van der Waals surface area (Å²) >= 11 is 0. The first-order valence-corrected chi connectivity index (χ1v) is 7.24. The molecule has 0 radical (unpaired) electrons. The van der Waals surface area contributed by atoms with E-state index in [4.69, 9.17) is 5.73 Å². The zero-order chi connectivity index (χ0) is 15.1. The number of amides is 1. The molecule has 20 heavy (non-hydrogen) atoms. The fraction of sp³-hybridized carbons (Fsp3) is 0.562. The van der Waals surface area contributed by atoms with Gasteiger partial charge in [0.05, 0.1) is 6.54 Å². The molecule has 1 aromatic rings. The van der Waals surface area contributed by atoms with Gasteiger partial charge in [-0.05, 0) is 23.6 Å². The van der Waals surface area contributed by atoms with Crippen LogP contribution in [0.25, 0.3) is 0 Å². The van der Waals surface area contributed by atoms with Gasteiger partial charge in [-0.2, -0.15) is 0 Å². The maximum atomic E-state index is 11.2. The van der Waals surface area contributed by atoms with Crippen molar-refractivity contribution in [1.82, 2.24) is 5.32 Å². The predicted octanol–water partition coefficient (Wildman–Crippen LogP) is 2.13. The molecule has 0 bridgehead atoms. The van der Waals surface area contributed by atoms with Crippen LogP contribution in [0, 0.1) is 5.92 Å². The molecular formula is C16H27N3O. The lowest BCUT2D eigenvalue weighted by molar-refractivity contribution is -0.116. The van der Waals surface area contributed by atoms with Crippen LogP contribution in [0.3, 0.4) is 0 Å². The number of benzene rings is 1. The fourth-order valence-corrected chi connectivity index (χ4v) is 2.04. The van der Waals surface area contributed by atoms with Crippen LogP contribution >= 0.6 is 0 Å². The number of nitrogens with zero attached hydrogens (tertiary/aromatic N) is 1. The molecule has 0 aliphatic rings. The quantitative estimate of drug-likeness (QED) is 0.765. The normalized spacial score (nSPS) is 11.1. The van der Waals surface area contributed by atoms with Crippen molar-refractivity contribution in [2.45, 2.75) is 40.3 Å². The van der Waals surface area contributed by atoms with Crippen LogP contribution < -0.4 is 16.0 Å². The lowest BCUT2D eigenvalue weighted by Gasteiger charge is -2.25. The van der Waals surface area contributed by atoms with E-state index in [0.29, 0.717) is 12.0 Å². The molecule has 0 saturated heterocycles. The van der Waals surface area contributed by atoms with Crippen molar-refractivity contribution in [2.75, 3.05) is 18.0 Å². The third-order valence-corrected chi connectivity index (χ3v) is 2.95. The van der Waals surface area contributed by atoms with E-state index >= 15 is 0 Å². The Morgan fingerprint density at radius 2 is 1.80 bits per heavy atom. The number of carbonyl (C=O) groups is 1. The molecule has 0 heterocycles. The average Bonchev–Trinajstić information content (AvgIpc) is 2.35. The Labute approximate surface area is 122 Å². The summed E-state index contributed by atoms with van der Waals surface area (Å²) in [6.45, 7) is 10.5. The minimum absolute atomic E-state index is 0.266. The van der Waals surface area contributed by atoms with Gasteiger partial charge in [0, 0.05) is 24.8 Å². The molecule has 1 rings (SSSR count). The number of hydrogen-bond donors (Lipinski definition) is 2. The molecule has 0 aromatic heterocycles. The van der Waals surface area contributed by atoms with Crippen LogP contribution in [0.4, 0.5) is 5.69 Å². The standard InChI is InChI=1S/C16H27N3O/c1-12(2)10-19(11-16(17)20)15-7-5-14(6-8-15)9-18-13(3)4/h5-8,12-13,18H,9-11H2,1-4H3,(H2,17,20). The number of primary amides is 1. The van der Waals surface area contributed by atoms with Crippen molar-refractivity contribution < 1.29 is 4.79 Å². The smallest absolute Gasteiger partial charge is 0.236 e. The Morgan fingerprint density at radius 3 is 2.25 bits per heavy atom. The molecule has 4 heteroatoms. The summed E-state index contributed by atoms with van der Waals surface area (Å²) in [6.07, 6.45) is 0. The van der Waals surface area contributed by atoms with E-state index in [9.17, 15) is 4.79 Å². The van der Waals surface area contributed by atoms with Crippen molar-refractivity contribution in [2.24, 2.45) is 11.7 Å². The molecule has 0 aliphatic carbocycles. The summed E-state index contributed by atoms with van der Waals surface area (Å²) in [4.78, 5) is 13.2. The van der Waals surface area contributed by atoms with E-state index in [0.717, 1.165) is 18.8 Å². The molecule has 0 saturated carbocycles. The average molecular weight is 277 g/mol. The van der Waals surface area contributed by atoms with Gasteiger partial charge in [-0.15, -0.1) is 0 Å². The Bertz CT molecular complexity index is 412. The summed E-state index contributed by atoms with van der Waals surface area (Å²) in [5.41, 5.74) is 7.62. The van der Waals surface area contributed by atoms with Crippen molar-refractivity contribution in [3.8, 4) is 0 Å². The van der Waals surface area contributed by atoms with Crippen LogP contribution in [0.1, 0.15) is 33.3 Å². The number of rotatable bonds is 8. The molecule has 4 nitrogen and oxygen atoms in total. The SMILES string of the molecule is CC(C)CN(CC(N)=O)c1ccc(CNC(C)C)cc1. The third-order valence-electron chi connectivity index (χ3n) is 2.95. The van der Waals surface area contributed by atoms with Crippen molar-refractivity contribution >= 4 is 11.6 Å². The highest BCUT2D eigenvalue weighted by molar-refractivity contribution is 5.79. The summed E-state index contributed by atoms with van der Waals surface area (Å²) in [5.74, 6) is 0.188. The molecule has 112 valence electrons. The van der Waals surface area contributed by atoms with E-state index in [1.54, 1.807) is 0 Å². The van der Waals surface area contributed by atoms with E-state index in [1.807, 2.05) is 4.90 Å². The zero-order valence-corrected chi connectivity index (χ0v) is 13.0. The molecule has 0 atom stereocenters. The van der Waals surface area contributed by atoms with Crippen LogP contribution in [0.5, 0.6) is 0 Å². The van der Waals surface area contributed by atoms with Crippen LogP contribution in [-0.4, -0.2) is 25.0 Å². The van der Waals surface area contributed by atoms with Crippen molar-refractivity contribution in [1.29, 1.82) is 0 Å². The fourth-order valence-electron chi connectivity index (χ4n) is 2.04. The number of anilines is 1. The van der Waals surface area contributed by atoms with Crippen LogP contribution in [0.15, 0.2) is 24.3 Å². The maximum Gasteiger partial charge on any atom is 0.236 e. The summed E-state index contributed by atoms with van der Waals surface area (Å²) in [5, 5.41) is 3.39. The Hall–Kier alpha value is -1.55. The van der Waals surface area contributed by atoms with E-state index in [-0.39, 0.29) is 12.5 Å². The number of hydrogen-bond acceptors (Lipinski definition) is 3. The van der Waals surface area contributed by atoms with Crippen molar-refractivity contribution in [3.63, 3.8) is 0 Å². The monoisotopic (exact) mass is 277 g/mol. The van der Waals surface area contributed by atoms with E-state index in [2.05, 4.69) is 57.3 Å². The second-order valence-electron chi connectivity index (χ2n) is 5.94. The molecule has 1 amide bonds. The van der Waals surface area contributed by atoms with Gasteiger partial charge in [-0.25, -0.2) is 0 Å². The second-order valence-corrected chi connectivity index (χ2v) is 5.94. The van der Waals surface area contributed by atoms with E-state index in [1.165, 1.54) is 5.56 Å². The van der Waals surface area contributed by atoms with Gasteiger partial charge in [-0.3, -0.25) is 4.79 Å². The largest absolute Gasteiger partial charge is 0.368 e. The Morgan fingerprint density at radius 1 is 1.20 bits per heavy atom. The Balaban J connectivity index is 2.73. The third kappa shape index (κ3) is 6.06. The number of nitrogens with two attached hydrogens (primary N) is 1. The second kappa shape index (κ2) is 7.90. The lowest BCUT2D eigenvalue weighted by atomic mass is 10.1. The van der Waals surface area contributed by atoms with Crippen LogP contribution in [-0.2, 0) is 11.3 Å². The predicted molar refractivity (Wildman–Crippen MR) is 84.7 cm³/mol. The topological polar surface area (TPSA) is 58.4 Å². The zero-order valence-electron chi connectivity index (χ0n) is 13.0. The molecule has 0 spiro atoms. The highest BCUT2D eigenvalue weighted by atomic mass is 16.1. The van der Waals surface area contributed by atoms with Gasteiger partial charge in [0.2, 0.25) is 5.91 Å². The molecular weight excluding hydrogens is 250 g/mol. The van der Waals surface area contributed by atoms with Gasteiger partial charge < -0.3 is 16.0 Å². The lowest BCUT2D eigenvalue weighted by Crippen LogP contribution is -2.36. The number of nitrogens with one attached hydrogen (secondary N) is 1. The Kier molecular flexibility index (Phi) is 6.52. The minimum Gasteiger partial charge on any atom is -0.368 e. The summed E-state index contributed by atoms with van der Waals surface area (Å²) in [6, 6.07) is 8.78. The van der Waals surface area contributed by atoms with E-state index < -0.39 is 0 Å². The highest BCUT2D eigenvalue weighted by Gasteiger charge is 2.11. The first kappa shape index (κ1) is 16.5. The first-order valence-electron chi connectivity index (χ1n) is 7.24. The van der Waals surface area contributed by atoms with Crippen LogP contribution in [0.2, 0.25) is 0 Å². The van der Waals surface area contributed by atoms with Crippen molar-refractivity contribution in [3.05, 3.63) is 29.8 Å². The van der Waals surface area contributed by atoms with Gasteiger partial charge in [0.25, 0.3) is 0 Å². The van der Waals surface area contributed by atoms with Gasteiger partial charge in [0.15, 0.2) is 0 Å². The highest BCUT2D eigenvalue weighted by Crippen LogP contribution is 2.16. The number of carbonyl (C=O) groups excluding carboxylic acids is 1. The molecule has 0 fully saturated rings. The minimum atomic E-state index is -0.295. The first-order chi connectivity index (χ1) is 9.38. The molecule has 0 unspecified atom stereocenters. The van der Waals surface area contributed by atoms with Gasteiger partial charge in [-0.1, -0.05) is 39.8 Å². The van der Waals surface area contributed by atoms with Gasteiger partial charge in [0.1, 0.15) is 0 Å². The summed E-state index contributed by atoms with van der Waals surface area (Å²) in [7, 11) is 0. The molecule has 0 aliphatic heterocycles. The van der Waals surface area contributed by atoms with Gasteiger partial charge >= 0.3 is 0 Å². The molecule has 3 N–H and O–H groups in total. The molecule has 1 aromatic carbocycles. The maximum absolute atomic E-state index is 11.2.